The molecule has 102 valence electrons. The van der Waals surface area contributed by atoms with Gasteiger partial charge in [0.2, 0.25) is 0 Å². The van der Waals surface area contributed by atoms with E-state index in [1.807, 2.05) is 6.92 Å². The Kier molecular flexibility index (Phi) is 5.69. The van der Waals surface area contributed by atoms with Crippen molar-refractivity contribution in [1.82, 2.24) is 4.90 Å². The van der Waals surface area contributed by atoms with Crippen molar-refractivity contribution < 1.29 is 8.78 Å². The standard InChI is InChI=1S/C14H22F2N2/c1-4-10(3)18(5-2)14(9-17)12-8-11(15)6-7-13(12)16/h6-8,10,14H,4-5,9,17H2,1-3H3. The van der Waals surface area contributed by atoms with Crippen molar-refractivity contribution in [3.8, 4) is 0 Å². The summed E-state index contributed by atoms with van der Waals surface area (Å²) in [7, 11) is 0. The number of rotatable bonds is 6. The Morgan fingerprint density at radius 2 is 1.94 bits per heavy atom. The van der Waals surface area contributed by atoms with Crippen LogP contribution in [0, 0.1) is 11.6 Å². The molecule has 1 aromatic rings. The molecule has 0 saturated carbocycles. The van der Waals surface area contributed by atoms with Gasteiger partial charge in [-0.15, -0.1) is 0 Å². The van der Waals surface area contributed by atoms with Crippen molar-refractivity contribution in [2.75, 3.05) is 13.1 Å². The minimum absolute atomic E-state index is 0.276. The summed E-state index contributed by atoms with van der Waals surface area (Å²) < 4.78 is 27.1. The first-order valence-corrected chi connectivity index (χ1v) is 6.45. The molecular formula is C14H22F2N2. The third-order valence-electron chi connectivity index (χ3n) is 3.46. The van der Waals surface area contributed by atoms with Crippen molar-refractivity contribution in [3.05, 3.63) is 35.4 Å². The van der Waals surface area contributed by atoms with Gasteiger partial charge < -0.3 is 5.73 Å². The largest absolute Gasteiger partial charge is 0.329 e. The molecule has 0 bridgehead atoms. The number of benzene rings is 1. The van der Waals surface area contributed by atoms with E-state index in [1.165, 1.54) is 6.07 Å². The fraction of sp³-hybridized carbons (Fsp3) is 0.571. The molecule has 2 nitrogen and oxygen atoms in total. The molecule has 0 aliphatic carbocycles. The van der Waals surface area contributed by atoms with Gasteiger partial charge in [-0.25, -0.2) is 8.78 Å². The number of nitrogens with zero attached hydrogens (tertiary/aromatic N) is 1. The van der Waals surface area contributed by atoms with E-state index in [1.54, 1.807) is 0 Å². The second-order valence-electron chi connectivity index (χ2n) is 4.51. The third kappa shape index (κ3) is 3.27. The maximum atomic E-state index is 13.8. The molecule has 0 amide bonds. The van der Waals surface area contributed by atoms with E-state index in [9.17, 15) is 8.78 Å². The van der Waals surface area contributed by atoms with Crippen LogP contribution >= 0.6 is 0 Å². The molecule has 2 N–H and O–H groups in total. The molecule has 0 radical (unpaired) electrons. The van der Waals surface area contributed by atoms with E-state index in [2.05, 4.69) is 18.7 Å². The molecule has 1 rings (SSSR count). The Morgan fingerprint density at radius 1 is 1.28 bits per heavy atom. The molecule has 2 atom stereocenters. The smallest absolute Gasteiger partial charge is 0.128 e. The van der Waals surface area contributed by atoms with E-state index < -0.39 is 11.6 Å². The number of hydrogen-bond donors (Lipinski definition) is 1. The van der Waals surface area contributed by atoms with Gasteiger partial charge in [-0.1, -0.05) is 13.8 Å². The molecule has 0 aliphatic heterocycles. The highest BCUT2D eigenvalue weighted by Crippen LogP contribution is 2.25. The van der Waals surface area contributed by atoms with Crippen molar-refractivity contribution >= 4 is 0 Å². The topological polar surface area (TPSA) is 29.3 Å². The maximum Gasteiger partial charge on any atom is 0.128 e. The van der Waals surface area contributed by atoms with Crippen LogP contribution in [0.15, 0.2) is 18.2 Å². The van der Waals surface area contributed by atoms with Crippen molar-refractivity contribution in [2.24, 2.45) is 5.73 Å². The van der Waals surface area contributed by atoms with Crippen LogP contribution < -0.4 is 5.73 Å². The predicted octanol–water partition coefficient (Wildman–Crippen LogP) is 3.09. The Bertz CT molecular complexity index is 382. The second kappa shape index (κ2) is 6.81. The molecule has 0 fully saturated rings. The van der Waals surface area contributed by atoms with Crippen LogP contribution in [0.25, 0.3) is 0 Å². The quantitative estimate of drug-likeness (QED) is 0.847. The molecule has 1 aromatic carbocycles. The van der Waals surface area contributed by atoms with Gasteiger partial charge in [-0.3, -0.25) is 4.90 Å². The summed E-state index contributed by atoms with van der Waals surface area (Å²) in [6.07, 6.45) is 0.946. The van der Waals surface area contributed by atoms with Gasteiger partial charge in [-0.05, 0) is 38.1 Å². The van der Waals surface area contributed by atoms with Gasteiger partial charge in [0.25, 0.3) is 0 Å². The lowest BCUT2D eigenvalue weighted by Gasteiger charge is -2.35. The van der Waals surface area contributed by atoms with Crippen LogP contribution in [-0.4, -0.2) is 24.0 Å². The van der Waals surface area contributed by atoms with Gasteiger partial charge in [0, 0.05) is 18.2 Å². The van der Waals surface area contributed by atoms with E-state index >= 15 is 0 Å². The van der Waals surface area contributed by atoms with Crippen molar-refractivity contribution in [1.29, 1.82) is 0 Å². The minimum Gasteiger partial charge on any atom is -0.329 e. The summed E-state index contributed by atoms with van der Waals surface area (Å²) in [5.74, 6) is -0.821. The lowest BCUT2D eigenvalue weighted by molar-refractivity contribution is 0.149. The molecule has 0 aliphatic rings. The predicted molar refractivity (Wildman–Crippen MR) is 70.3 cm³/mol. The van der Waals surface area contributed by atoms with Gasteiger partial charge >= 0.3 is 0 Å². The SMILES string of the molecule is CCC(C)N(CC)C(CN)c1cc(F)ccc1F. The molecular weight excluding hydrogens is 234 g/mol. The summed E-state index contributed by atoms with van der Waals surface area (Å²) >= 11 is 0. The highest BCUT2D eigenvalue weighted by molar-refractivity contribution is 5.23. The van der Waals surface area contributed by atoms with Crippen LogP contribution in [0.2, 0.25) is 0 Å². The average Bonchev–Trinajstić information content (AvgIpc) is 2.38. The summed E-state index contributed by atoms with van der Waals surface area (Å²) in [6, 6.07) is 3.55. The fourth-order valence-corrected chi connectivity index (χ4v) is 2.28. The summed E-state index contributed by atoms with van der Waals surface area (Å²) in [6.45, 7) is 7.18. The Labute approximate surface area is 108 Å². The Hall–Kier alpha value is -1.00. The van der Waals surface area contributed by atoms with E-state index in [0.717, 1.165) is 25.1 Å². The highest BCUT2D eigenvalue weighted by atomic mass is 19.1. The molecule has 0 heterocycles. The lowest BCUT2D eigenvalue weighted by Crippen LogP contribution is -2.40. The van der Waals surface area contributed by atoms with E-state index in [4.69, 9.17) is 5.73 Å². The van der Waals surface area contributed by atoms with E-state index in [-0.39, 0.29) is 18.6 Å². The lowest BCUT2D eigenvalue weighted by atomic mass is 10.0. The van der Waals surface area contributed by atoms with E-state index in [0.29, 0.717) is 5.56 Å². The van der Waals surface area contributed by atoms with Gasteiger partial charge in [0.05, 0.1) is 6.04 Å². The molecule has 2 unspecified atom stereocenters. The molecule has 4 heteroatoms. The zero-order valence-corrected chi connectivity index (χ0v) is 11.3. The van der Waals surface area contributed by atoms with Gasteiger partial charge in [0.15, 0.2) is 0 Å². The second-order valence-corrected chi connectivity index (χ2v) is 4.51. The van der Waals surface area contributed by atoms with Crippen LogP contribution in [-0.2, 0) is 0 Å². The maximum absolute atomic E-state index is 13.8. The van der Waals surface area contributed by atoms with Crippen LogP contribution in [0.3, 0.4) is 0 Å². The molecule has 18 heavy (non-hydrogen) atoms. The first kappa shape index (κ1) is 15.1. The monoisotopic (exact) mass is 256 g/mol. The minimum atomic E-state index is -0.426. The summed E-state index contributed by atoms with van der Waals surface area (Å²) in [5, 5.41) is 0. The Morgan fingerprint density at radius 3 is 2.44 bits per heavy atom. The van der Waals surface area contributed by atoms with Crippen molar-refractivity contribution in [2.45, 2.75) is 39.3 Å². The molecule has 0 saturated heterocycles. The van der Waals surface area contributed by atoms with Crippen molar-refractivity contribution in [3.63, 3.8) is 0 Å². The molecule has 0 spiro atoms. The van der Waals surface area contributed by atoms with Gasteiger partial charge in [0.1, 0.15) is 11.6 Å². The average molecular weight is 256 g/mol. The number of likely N-dealkylation sites (N-methyl/N-ethyl adjacent to an activating group) is 1. The first-order chi connectivity index (χ1) is 8.54. The number of hydrogen-bond acceptors (Lipinski definition) is 2. The number of nitrogens with two attached hydrogens (primary N) is 1. The zero-order valence-electron chi connectivity index (χ0n) is 11.3. The first-order valence-electron chi connectivity index (χ1n) is 6.45. The number of halogens is 2. The Balaban J connectivity index is 3.10. The fourth-order valence-electron chi connectivity index (χ4n) is 2.28. The zero-order chi connectivity index (χ0) is 13.7. The normalized spacial score (nSPS) is 14.8. The van der Waals surface area contributed by atoms with Gasteiger partial charge in [-0.2, -0.15) is 0 Å². The summed E-state index contributed by atoms with van der Waals surface area (Å²) in [4.78, 5) is 2.11. The molecule has 0 aromatic heterocycles. The van der Waals surface area contributed by atoms with Crippen LogP contribution in [0.1, 0.15) is 38.8 Å². The third-order valence-corrected chi connectivity index (χ3v) is 3.46. The highest BCUT2D eigenvalue weighted by Gasteiger charge is 2.24. The summed E-state index contributed by atoms with van der Waals surface area (Å²) in [5.41, 5.74) is 6.11. The van der Waals surface area contributed by atoms with Crippen LogP contribution in [0.4, 0.5) is 8.78 Å². The van der Waals surface area contributed by atoms with Crippen LogP contribution in [0.5, 0.6) is 0 Å².